The van der Waals surface area contributed by atoms with Crippen LogP contribution in [0.2, 0.25) is 0 Å². The molecule has 35 heavy (non-hydrogen) atoms. The maximum absolute atomic E-state index is 7.83. The zero-order chi connectivity index (χ0) is 24.1. The summed E-state index contributed by atoms with van der Waals surface area (Å²) in [6.45, 7) is 0. The molecule has 0 radical (unpaired) electrons. The average Bonchev–Trinajstić information content (AvgIpc) is 2.94. The van der Waals surface area contributed by atoms with Crippen molar-refractivity contribution in [3.8, 4) is 56.8 Å². The molecule has 1 aromatic heterocycles. The molecule has 4 heteroatoms. The lowest BCUT2D eigenvalue weighted by Gasteiger charge is -2.21. The van der Waals surface area contributed by atoms with Crippen LogP contribution in [0.1, 0.15) is 1.37 Å². The highest BCUT2D eigenvalue weighted by atomic mass is 16.5. The van der Waals surface area contributed by atoms with Gasteiger partial charge in [0.25, 0.3) is 0 Å². The third kappa shape index (κ3) is 3.35. The van der Waals surface area contributed by atoms with Crippen LogP contribution in [0.15, 0.2) is 115 Å². The van der Waals surface area contributed by atoms with Crippen molar-refractivity contribution in [1.29, 1.82) is 0 Å². The maximum Gasteiger partial charge on any atom is 0.164 e. The Morgan fingerprint density at radius 3 is 1.91 bits per heavy atom. The maximum atomic E-state index is 7.83. The molecule has 1 aliphatic heterocycles. The minimum Gasteiger partial charge on any atom is -0.456 e. The smallest absolute Gasteiger partial charge is 0.164 e. The van der Waals surface area contributed by atoms with Gasteiger partial charge in [0.1, 0.15) is 11.5 Å². The van der Waals surface area contributed by atoms with Gasteiger partial charge < -0.3 is 4.74 Å². The number of aromatic nitrogens is 3. The average molecular weight is 451 g/mol. The highest BCUT2D eigenvalue weighted by Crippen LogP contribution is 2.47. The molecule has 7 rings (SSSR count). The molecule has 0 bridgehead atoms. The highest BCUT2D eigenvalue weighted by molar-refractivity contribution is 6.04. The molecule has 6 aromatic rings. The van der Waals surface area contributed by atoms with Gasteiger partial charge in [-0.1, -0.05) is 91.0 Å². The monoisotopic (exact) mass is 450 g/mol. The molecule has 0 aliphatic carbocycles. The number of nitrogens with zero attached hydrogens (tertiary/aromatic N) is 3. The van der Waals surface area contributed by atoms with Crippen LogP contribution < -0.4 is 4.74 Å². The number of hydrogen-bond acceptors (Lipinski definition) is 4. The fraction of sp³-hybridized carbons (Fsp3) is 0. The van der Waals surface area contributed by atoms with Crippen LogP contribution in [0.4, 0.5) is 0 Å². The van der Waals surface area contributed by atoms with E-state index >= 15 is 0 Å². The molecule has 0 saturated heterocycles. The second-order valence-corrected chi connectivity index (χ2v) is 8.43. The van der Waals surface area contributed by atoms with E-state index in [1.807, 2.05) is 66.7 Å². The van der Waals surface area contributed by atoms with Crippen LogP contribution in [0.5, 0.6) is 11.5 Å². The number of hydrogen-bond donors (Lipinski definition) is 0. The van der Waals surface area contributed by atoms with E-state index in [0.29, 0.717) is 23.5 Å². The van der Waals surface area contributed by atoms with Gasteiger partial charge in [0.2, 0.25) is 0 Å². The number of fused-ring (bicyclic) bond motifs is 2. The summed E-state index contributed by atoms with van der Waals surface area (Å²) in [4.78, 5) is 14.5. The summed E-state index contributed by atoms with van der Waals surface area (Å²) in [5.74, 6) is 3.44. The number of benzene rings is 5. The van der Waals surface area contributed by atoms with Gasteiger partial charge in [-0.2, -0.15) is 0 Å². The summed E-state index contributed by atoms with van der Waals surface area (Å²) in [6, 6.07) is 36.1. The van der Waals surface area contributed by atoms with Crippen molar-refractivity contribution in [2.24, 2.45) is 0 Å². The van der Waals surface area contributed by atoms with Gasteiger partial charge in [-0.25, -0.2) is 15.0 Å². The number of ether oxygens (including phenoxy) is 1. The first-order valence-corrected chi connectivity index (χ1v) is 11.5. The largest absolute Gasteiger partial charge is 0.456 e. The molecule has 2 heterocycles. The SMILES string of the molecule is [2H]c1ccc(-c2nc(-c3ccccc3)nc(-c3ccc4c(c3)-c3cccc5cccc(c35)O4)n2)cc1. The summed E-state index contributed by atoms with van der Waals surface area (Å²) in [7, 11) is 0. The van der Waals surface area contributed by atoms with E-state index in [0.717, 1.165) is 50.1 Å². The third-order valence-electron chi connectivity index (χ3n) is 6.26. The van der Waals surface area contributed by atoms with Crippen LogP contribution in [-0.4, -0.2) is 15.0 Å². The summed E-state index contributed by atoms with van der Waals surface area (Å²) in [5.41, 5.74) is 4.78. The van der Waals surface area contributed by atoms with E-state index in [4.69, 9.17) is 21.1 Å². The summed E-state index contributed by atoms with van der Waals surface area (Å²) < 4.78 is 14.1. The van der Waals surface area contributed by atoms with Crippen molar-refractivity contribution in [3.63, 3.8) is 0 Å². The molecule has 0 amide bonds. The standard InChI is InChI=1S/C31H19N3O/c1-3-9-21(10-4-1)29-32-30(22-11-5-2-6-12-22)34-31(33-29)23-17-18-26-25(19-23)24-15-7-13-20-14-8-16-27(35-26)28(20)24/h1-19H/i1D. The van der Waals surface area contributed by atoms with Crippen molar-refractivity contribution < 1.29 is 6.11 Å². The first kappa shape index (κ1) is 18.6. The molecule has 5 aromatic carbocycles. The van der Waals surface area contributed by atoms with E-state index in [1.54, 1.807) is 12.1 Å². The van der Waals surface area contributed by atoms with Crippen molar-refractivity contribution in [2.75, 3.05) is 0 Å². The van der Waals surface area contributed by atoms with Crippen LogP contribution >= 0.6 is 0 Å². The molecule has 1 aliphatic rings. The van der Waals surface area contributed by atoms with Crippen LogP contribution in [-0.2, 0) is 0 Å². The van der Waals surface area contributed by atoms with E-state index in [2.05, 4.69) is 30.3 Å². The third-order valence-corrected chi connectivity index (χ3v) is 6.26. The molecule has 0 fully saturated rings. The Labute approximate surface area is 204 Å². The van der Waals surface area contributed by atoms with Crippen molar-refractivity contribution >= 4 is 10.8 Å². The fourth-order valence-electron chi connectivity index (χ4n) is 4.59. The normalized spacial score (nSPS) is 12.1. The Hall–Kier alpha value is -4.83. The van der Waals surface area contributed by atoms with E-state index < -0.39 is 0 Å². The lowest BCUT2D eigenvalue weighted by molar-refractivity contribution is 0.487. The molecule has 4 nitrogen and oxygen atoms in total. The minimum atomic E-state index is 0.445. The molecule has 0 spiro atoms. The Bertz CT molecular complexity index is 1760. The quantitative estimate of drug-likeness (QED) is 0.276. The highest BCUT2D eigenvalue weighted by Gasteiger charge is 2.21. The summed E-state index contributed by atoms with van der Waals surface area (Å²) in [5, 5.41) is 2.26. The Balaban J connectivity index is 1.42. The van der Waals surface area contributed by atoms with Crippen LogP contribution in [0, 0.1) is 0 Å². The lowest BCUT2D eigenvalue weighted by Crippen LogP contribution is -2.01. The van der Waals surface area contributed by atoms with Crippen LogP contribution in [0.25, 0.3) is 56.1 Å². The van der Waals surface area contributed by atoms with Crippen molar-refractivity contribution in [1.82, 2.24) is 15.0 Å². The topological polar surface area (TPSA) is 47.9 Å². The molecule has 0 atom stereocenters. The first-order valence-electron chi connectivity index (χ1n) is 12.0. The predicted octanol–water partition coefficient (Wildman–Crippen LogP) is 7.80. The van der Waals surface area contributed by atoms with Gasteiger partial charge in [-0.15, -0.1) is 0 Å². The Morgan fingerprint density at radius 1 is 0.514 bits per heavy atom. The van der Waals surface area contributed by atoms with Gasteiger partial charge in [0.15, 0.2) is 17.5 Å². The Kier molecular flexibility index (Phi) is 4.19. The minimum absolute atomic E-state index is 0.445. The fourth-order valence-corrected chi connectivity index (χ4v) is 4.59. The molecular weight excluding hydrogens is 430 g/mol. The van der Waals surface area contributed by atoms with Gasteiger partial charge in [-0.05, 0) is 35.2 Å². The zero-order valence-electron chi connectivity index (χ0n) is 19.6. The summed E-state index contributed by atoms with van der Waals surface area (Å²) >= 11 is 0. The van der Waals surface area contributed by atoms with E-state index in [1.165, 1.54) is 0 Å². The Morgan fingerprint density at radius 2 is 1.17 bits per heavy atom. The zero-order valence-corrected chi connectivity index (χ0v) is 18.6. The van der Waals surface area contributed by atoms with E-state index in [9.17, 15) is 0 Å². The van der Waals surface area contributed by atoms with E-state index in [-0.39, 0.29) is 0 Å². The second kappa shape index (κ2) is 7.89. The van der Waals surface area contributed by atoms with Gasteiger partial charge >= 0.3 is 0 Å². The molecule has 0 saturated carbocycles. The molecule has 0 unspecified atom stereocenters. The predicted molar refractivity (Wildman–Crippen MR) is 139 cm³/mol. The molecular formula is C31H19N3O. The van der Waals surface area contributed by atoms with Crippen molar-refractivity contribution in [2.45, 2.75) is 0 Å². The summed E-state index contributed by atoms with van der Waals surface area (Å²) in [6.07, 6.45) is 0. The molecule has 0 N–H and O–H groups in total. The molecule has 164 valence electrons. The first-order chi connectivity index (χ1) is 17.7. The van der Waals surface area contributed by atoms with Crippen LogP contribution in [0.3, 0.4) is 0 Å². The van der Waals surface area contributed by atoms with Crippen molar-refractivity contribution in [3.05, 3.63) is 115 Å². The lowest BCUT2D eigenvalue weighted by atomic mass is 9.93. The van der Waals surface area contributed by atoms with Gasteiger partial charge in [0.05, 0.1) is 1.37 Å². The second-order valence-electron chi connectivity index (χ2n) is 8.43. The van der Waals surface area contributed by atoms with Gasteiger partial charge in [-0.3, -0.25) is 0 Å². The number of rotatable bonds is 3. The van der Waals surface area contributed by atoms with Gasteiger partial charge in [0, 0.05) is 27.6 Å².